The number of hydrogen-bond acceptors (Lipinski definition) is 10. The van der Waals surface area contributed by atoms with E-state index in [0.717, 1.165) is 46.2 Å². The number of hydrogen-bond donors (Lipinski definition) is 2. The third-order valence-electron chi connectivity index (χ3n) is 9.36. The van der Waals surface area contributed by atoms with Crippen molar-refractivity contribution in [2.24, 2.45) is 0 Å². The maximum absolute atomic E-state index is 12.0. The van der Waals surface area contributed by atoms with Gasteiger partial charge in [0, 0.05) is 24.0 Å². The predicted octanol–water partition coefficient (Wildman–Crippen LogP) is 9.21. The standard InChI is InChI=1S/C28H24N4O5.C19H19NO2/c1-18-23(29-27(37-18)19-9-4-2-5-10-19)15-16-36-22-14-8-11-20(17-22)26(33)24-25(28(34)35)32(31-30-24)21-12-6-3-7-13-21;1-14-7-6-10-17(13-14)21-12-11-18-15(2)22-19(20-18)16-8-4-3-5-9-16/h2-14,17,26,33H,15-16H2,1H3,(H,34,35);3-10,13H,11-12H2,1-2H3. The number of carboxylic acids is 1. The SMILES string of the molecule is Cc1cccc(OCCc2nc(-c3ccccc3)oc2C)c1.Cc1oc(-c2ccccc2)nc1CCOc1cccc(C(O)c2nnn(-c3ccccc3)c2C(=O)O)c1. The molecule has 12 nitrogen and oxygen atoms in total. The van der Waals surface area contributed by atoms with Crippen molar-refractivity contribution in [3.63, 3.8) is 0 Å². The summed E-state index contributed by atoms with van der Waals surface area (Å²) >= 11 is 0. The lowest BCUT2D eigenvalue weighted by atomic mass is 10.0. The van der Waals surface area contributed by atoms with Crippen LogP contribution >= 0.6 is 0 Å². The number of aryl methyl sites for hydroxylation is 3. The number of aliphatic hydroxyl groups excluding tert-OH is 1. The highest BCUT2D eigenvalue weighted by Crippen LogP contribution is 2.28. The monoisotopic (exact) mass is 789 g/mol. The molecule has 8 aromatic rings. The summed E-state index contributed by atoms with van der Waals surface area (Å²) in [5.74, 6) is 2.99. The van der Waals surface area contributed by atoms with E-state index < -0.39 is 12.1 Å². The molecule has 0 amide bonds. The molecule has 3 heterocycles. The number of ether oxygens (including phenoxy) is 2. The molecule has 0 radical (unpaired) electrons. The number of carboxylic acid groups (broad SMARTS) is 1. The van der Waals surface area contributed by atoms with Crippen molar-refractivity contribution in [3.05, 3.63) is 185 Å². The number of rotatable bonds is 14. The number of para-hydroxylation sites is 1. The molecule has 0 saturated heterocycles. The molecule has 1 atom stereocenters. The summed E-state index contributed by atoms with van der Waals surface area (Å²) in [7, 11) is 0. The minimum Gasteiger partial charge on any atom is -0.493 e. The molecule has 1 unspecified atom stereocenters. The average Bonchev–Trinajstić information content (AvgIpc) is 3.99. The quantitative estimate of drug-likeness (QED) is 0.108. The van der Waals surface area contributed by atoms with E-state index in [0.29, 0.717) is 48.4 Å². The minimum absolute atomic E-state index is 0.0554. The first-order chi connectivity index (χ1) is 28.7. The lowest BCUT2D eigenvalue weighted by Crippen LogP contribution is -2.13. The van der Waals surface area contributed by atoms with Gasteiger partial charge in [0.25, 0.3) is 0 Å². The summed E-state index contributed by atoms with van der Waals surface area (Å²) in [4.78, 5) is 21.2. The van der Waals surface area contributed by atoms with Gasteiger partial charge in [0.05, 0.1) is 30.3 Å². The highest BCUT2D eigenvalue weighted by atomic mass is 16.5. The summed E-state index contributed by atoms with van der Waals surface area (Å²) in [6.45, 7) is 6.80. The maximum atomic E-state index is 12.0. The molecule has 5 aromatic carbocycles. The number of aromatic nitrogens is 5. The zero-order valence-corrected chi connectivity index (χ0v) is 32.9. The fourth-order valence-corrected chi connectivity index (χ4v) is 6.32. The molecule has 0 aliphatic carbocycles. The van der Waals surface area contributed by atoms with Crippen molar-refractivity contribution in [2.45, 2.75) is 39.7 Å². The Balaban J connectivity index is 0.000000204. The zero-order valence-electron chi connectivity index (χ0n) is 32.9. The highest BCUT2D eigenvalue weighted by Gasteiger charge is 2.27. The molecule has 3 aromatic heterocycles. The first-order valence-electron chi connectivity index (χ1n) is 19.1. The summed E-state index contributed by atoms with van der Waals surface area (Å²) in [5, 5.41) is 28.8. The Morgan fingerprint density at radius 2 is 1.17 bits per heavy atom. The molecule has 0 aliphatic rings. The molecule has 0 spiro atoms. The van der Waals surface area contributed by atoms with Crippen LogP contribution in [0.4, 0.5) is 0 Å². The van der Waals surface area contributed by atoms with Gasteiger partial charge < -0.3 is 28.5 Å². The van der Waals surface area contributed by atoms with Crippen molar-refractivity contribution in [3.8, 4) is 40.1 Å². The molecule has 59 heavy (non-hydrogen) atoms. The summed E-state index contributed by atoms with van der Waals surface area (Å²) in [6.07, 6.45) is -0.0436. The molecule has 0 fully saturated rings. The lowest BCUT2D eigenvalue weighted by Gasteiger charge is -2.12. The van der Waals surface area contributed by atoms with Gasteiger partial charge in [0.1, 0.15) is 34.8 Å². The van der Waals surface area contributed by atoms with Crippen LogP contribution in [0, 0.1) is 20.8 Å². The number of oxazole rings is 2. The van der Waals surface area contributed by atoms with Gasteiger partial charge >= 0.3 is 5.97 Å². The normalized spacial score (nSPS) is 11.4. The molecule has 0 aliphatic heterocycles. The third-order valence-corrected chi connectivity index (χ3v) is 9.36. The zero-order chi connectivity index (χ0) is 41.1. The molecule has 8 rings (SSSR count). The van der Waals surface area contributed by atoms with Crippen molar-refractivity contribution >= 4 is 5.97 Å². The van der Waals surface area contributed by atoms with E-state index in [1.165, 1.54) is 10.2 Å². The Labute approximate surface area is 341 Å². The van der Waals surface area contributed by atoms with Gasteiger partial charge in [-0.1, -0.05) is 84.1 Å². The van der Waals surface area contributed by atoms with Gasteiger partial charge in [-0.25, -0.2) is 19.4 Å². The summed E-state index contributed by atoms with van der Waals surface area (Å²) in [6, 6.07) is 43.3. The first-order valence-corrected chi connectivity index (χ1v) is 19.1. The molecule has 0 bridgehead atoms. The molecule has 0 saturated carbocycles. The Morgan fingerprint density at radius 3 is 1.69 bits per heavy atom. The second kappa shape index (κ2) is 18.8. The van der Waals surface area contributed by atoms with E-state index in [-0.39, 0.29) is 11.4 Å². The van der Waals surface area contributed by atoms with Crippen LogP contribution in [0.2, 0.25) is 0 Å². The van der Waals surface area contributed by atoms with Crippen LogP contribution in [0.5, 0.6) is 11.5 Å². The van der Waals surface area contributed by atoms with E-state index in [4.69, 9.17) is 18.3 Å². The second-order valence-electron chi connectivity index (χ2n) is 13.6. The average molecular weight is 790 g/mol. The van der Waals surface area contributed by atoms with Crippen LogP contribution in [0.25, 0.3) is 28.6 Å². The van der Waals surface area contributed by atoms with E-state index in [1.54, 1.807) is 48.5 Å². The molecule has 298 valence electrons. The number of aromatic carboxylic acids is 1. The number of nitrogens with zero attached hydrogens (tertiary/aromatic N) is 5. The van der Waals surface area contributed by atoms with Crippen LogP contribution < -0.4 is 9.47 Å². The van der Waals surface area contributed by atoms with Crippen molar-refractivity contribution in [1.29, 1.82) is 0 Å². The fourth-order valence-electron chi connectivity index (χ4n) is 6.32. The topological polar surface area (TPSA) is 159 Å². The van der Waals surface area contributed by atoms with Gasteiger partial charge in [-0.2, -0.15) is 0 Å². The third kappa shape index (κ3) is 9.99. The molecule has 12 heteroatoms. The van der Waals surface area contributed by atoms with Crippen molar-refractivity contribution in [2.75, 3.05) is 13.2 Å². The van der Waals surface area contributed by atoms with Crippen LogP contribution in [0.15, 0.2) is 148 Å². The van der Waals surface area contributed by atoms with Gasteiger partial charge in [-0.15, -0.1) is 5.10 Å². The Hall–Kier alpha value is -7.31. The largest absolute Gasteiger partial charge is 0.493 e. The van der Waals surface area contributed by atoms with E-state index in [1.807, 2.05) is 98.8 Å². The Kier molecular flexibility index (Phi) is 12.7. The number of aliphatic hydroxyl groups is 1. The minimum atomic E-state index is -1.31. The van der Waals surface area contributed by atoms with Gasteiger partial charge in [-0.05, 0) is 92.6 Å². The summed E-state index contributed by atoms with van der Waals surface area (Å²) < 4.78 is 24.4. The second-order valence-corrected chi connectivity index (χ2v) is 13.6. The smallest absolute Gasteiger partial charge is 0.356 e. The Bertz CT molecular complexity index is 2600. The number of carbonyl (C=O) groups is 1. The van der Waals surface area contributed by atoms with Crippen molar-refractivity contribution < 1.29 is 33.3 Å². The van der Waals surface area contributed by atoms with E-state index in [9.17, 15) is 15.0 Å². The van der Waals surface area contributed by atoms with Gasteiger partial charge in [0.15, 0.2) is 5.69 Å². The van der Waals surface area contributed by atoms with E-state index in [2.05, 4.69) is 33.3 Å². The van der Waals surface area contributed by atoms with Crippen LogP contribution in [0.3, 0.4) is 0 Å². The van der Waals surface area contributed by atoms with Gasteiger partial charge in [-0.3, -0.25) is 0 Å². The molecule has 2 N–H and O–H groups in total. The van der Waals surface area contributed by atoms with Crippen LogP contribution in [-0.4, -0.2) is 54.4 Å². The highest BCUT2D eigenvalue weighted by molar-refractivity contribution is 5.88. The first kappa shape index (κ1) is 39.9. The molecular weight excluding hydrogens is 747 g/mol. The van der Waals surface area contributed by atoms with Crippen molar-refractivity contribution in [1.82, 2.24) is 25.0 Å². The van der Waals surface area contributed by atoms with Gasteiger partial charge in [0.2, 0.25) is 11.8 Å². The van der Waals surface area contributed by atoms with E-state index >= 15 is 0 Å². The lowest BCUT2D eigenvalue weighted by molar-refractivity contribution is 0.0681. The predicted molar refractivity (Wildman–Crippen MR) is 222 cm³/mol. The number of benzene rings is 5. The Morgan fingerprint density at radius 1 is 0.661 bits per heavy atom. The molecular formula is C47H43N5O7. The van der Waals surface area contributed by atoms with Crippen LogP contribution in [0.1, 0.15) is 56.3 Å². The fraction of sp³-hybridized carbons (Fsp3) is 0.170. The maximum Gasteiger partial charge on any atom is 0.356 e. The van der Waals surface area contributed by atoms with Crippen LogP contribution in [-0.2, 0) is 12.8 Å². The summed E-state index contributed by atoms with van der Waals surface area (Å²) in [5.41, 5.74) is 5.55.